The van der Waals surface area contributed by atoms with E-state index in [0.29, 0.717) is 62.9 Å². The van der Waals surface area contributed by atoms with E-state index in [0.717, 1.165) is 53.0 Å². The summed E-state index contributed by atoms with van der Waals surface area (Å²) in [4.78, 5) is 53.4. The lowest BCUT2D eigenvalue weighted by molar-refractivity contribution is -0.218. The molecule has 8 unspecified atom stereocenters. The summed E-state index contributed by atoms with van der Waals surface area (Å²) in [6.45, 7) is 13.2. The number of amides is 1. The fourth-order valence-electron chi connectivity index (χ4n) is 14.0. The molecule has 1 amide bonds. The highest BCUT2D eigenvalue weighted by molar-refractivity contribution is 5.94. The number of methoxy groups -OCH3 is 2. The number of hydrogen-bond acceptors (Lipinski definition) is 13. The van der Waals surface area contributed by atoms with E-state index in [1.807, 2.05) is 76.9 Å². The van der Waals surface area contributed by atoms with Crippen LogP contribution < -0.4 is 20.7 Å². The number of fused-ring (bicyclic) bond motifs is 7. The normalized spacial score (nSPS) is 34.6. The summed E-state index contributed by atoms with van der Waals surface area (Å²) in [5.41, 5.74) is 5.21. The van der Waals surface area contributed by atoms with Gasteiger partial charge in [0, 0.05) is 91.1 Å². The molecule has 5 aliphatic heterocycles. The van der Waals surface area contributed by atoms with Crippen molar-refractivity contribution in [1.82, 2.24) is 20.1 Å². The lowest BCUT2D eigenvalue weighted by atomic mass is 9.48. The zero-order valence-corrected chi connectivity index (χ0v) is 41.3. The van der Waals surface area contributed by atoms with Gasteiger partial charge < -0.3 is 50.5 Å². The van der Waals surface area contributed by atoms with Gasteiger partial charge in [0.25, 0.3) is 5.91 Å². The smallest absolute Gasteiger partial charge is 0.323 e. The number of esters is 2. The zero-order valence-electron chi connectivity index (χ0n) is 41.3. The van der Waals surface area contributed by atoms with E-state index >= 15 is 4.79 Å². The number of likely N-dealkylation sites (N-methyl/N-ethyl adjacent to an activating group) is 1. The van der Waals surface area contributed by atoms with Crippen molar-refractivity contribution in [2.45, 2.75) is 126 Å². The SMILES string of the molecule is CCC1(O)CC2CN(CCc3c([nH]c4ccccc34)C(C(=O)OC)(c3cc4c(cc3OC)N(C)C3[C@H]5C4CCN4CC=C[C@](CC)(C54)[C@@H](O)[C@]3(O)C(=O)NCCCOC(=O)C(N)C(C)(C)C)C2)C1. The molecular weight excluding hydrogens is 865 g/mol. The van der Waals surface area contributed by atoms with Crippen molar-refractivity contribution in [3.05, 3.63) is 70.9 Å². The van der Waals surface area contributed by atoms with E-state index in [1.165, 1.54) is 7.11 Å². The number of piperidine rings is 2. The summed E-state index contributed by atoms with van der Waals surface area (Å²) in [6, 6.07) is 10.4. The summed E-state index contributed by atoms with van der Waals surface area (Å²) >= 11 is 0. The Balaban J connectivity index is 1.18. The maximum absolute atomic E-state index is 15.3. The van der Waals surface area contributed by atoms with Gasteiger partial charge in [-0.1, -0.05) is 65.0 Å². The van der Waals surface area contributed by atoms with Crippen LogP contribution in [0.4, 0.5) is 5.69 Å². The average molecular weight is 939 g/mol. The molecule has 2 aromatic carbocycles. The minimum Gasteiger partial charge on any atom is -0.496 e. The van der Waals surface area contributed by atoms with Crippen molar-refractivity contribution in [1.29, 1.82) is 0 Å². The van der Waals surface area contributed by atoms with Gasteiger partial charge in [0.2, 0.25) is 0 Å². The fourth-order valence-corrected chi connectivity index (χ4v) is 14.0. The number of rotatable bonds is 11. The number of aromatic nitrogens is 1. The van der Waals surface area contributed by atoms with Gasteiger partial charge in [-0.25, -0.2) is 0 Å². The van der Waals surface area contributed by atoms with Crippen LogP contribution in [0.5, 0.6) is 5.75 Å². The largest absolute Gasteiger partial charge is 0.496 e. The molecule has 370 valence electrons. The number of aliphatic hydroxyl groups excluding tert-OH is 1. The van der Waals surface area contributed by atoms with Gasteiger partial charge in [0.15, 0.2) is 5.60 Å². The molecule has 3 aromatic rings. The molecule has 12 atom stereocenters. The molecule has 15 heteroatoms. The van der Waals surface area contributed by atoms with E-state index in [4.69, 9.17) is 19.9 Å². The molecule has 2 bridgehead atoms. The summed E-state index contributed by atoms with van der Waals surface area (Å²) in [7, 11) is 4.93. The number of aliphatic hydroxyl groups is 3. The number of carbonyl (C=O) groups is 3. The van der Waals surface area contributed by atoms with Crippen LogP contribution in [0.3, 0.4) is 0 Å². The number of anilines is 1. The highest BCUT2D eigenvalue weighted by Gasteiger charge is 2.72. The quantitative estimate of drug-likeness (QED) is 0.0912. The second-order valence-corrected chi connectivity index (χ2v) is 22.1. The highest BCUT2D eigenvalue weighted by atomic mass is 16.5. The molecule has 2 saturated heterocycles. The first-order chi connectivity index (χ1) is 32.3. The summed E-state index contributed by atoms with van der Waals surface area (Å²) < 4.78 is 17.8. The van der Waals surface area contributed by atoms with E-state index in [-0.39, 0.29) is 43.4 Å². The Morgan fingerprint density at radius 2 is 1.81 bits per heavy atom. The number of aromatic amines is 1. The summed E-state index contributed by atoms with van der Waals surface area (Å²) in [6.07, 6.45) is 6.20. The number of nitrogens with one attached hydrogen (secondary N) is 2. The Hall–Kier alpha value is -4.51. The maximum atomic E-state index is 15.3. The molecule has 3 fully saturated rings. The van der Waals surface area contributed by atoms with Gasteiger partial charge >= 0.3 is 11.9 Å². The Labute approximate surface area is 400 Å². The molecule has 1 aromatic heterocycles. The van der Waals surface area contributed by atoms with Crippen LogP contribution in [0.15, 0.2) is 48.6 Å². The van der Waals surface area contributed by atoms with E-state index in [9.17, 15) is 24.9 Å². The van der Waals surface area contributed by atoms with Crippen molar-refractivity contribution in [3.63, 3.8) is 0 Å². The second kappa shape index (κ2) is 17.7. The van der Waals surface area contributed by atoms with Crippen molar-refractivity contribution >= 4 is 34.4 Å². The summed E-state index contributed by atoms with van der Waals surface area (Å²) in [5.74, 6) is -1.79. The molecule has 6 aliphatic rings. The molecule has 7 N–H and O–H groups in total. The number of benzene rings is 2. The van der Waals surface area contributed by atoms with Gasteiger partial charge in [-0.15, -0.1) is 0 Å². The third kappa shape index (κ3) is 7.39. The minimum absolute atomic E-state index is 0.0254. The maximum Gasteiger partial charge on any atom is 0.323 e. The van der Waals surface area contributed by atoms with Gasteiger partial charge in [-0.05, 0) is 92.0 Å². The first kappa shape index (κ1) is 48.5. The summed E-state index contributed by atoms with van der Waals surface area (Å²) in [5, 5.41) is 42.1. The molecule has 9 rings (SSSR count). The van der Waals surface area contributed by atoms with Crippen LogP contribution >= 0.6 is 0 Å². The molecule has 0 radical (unpaired) electrons. The Kier molecular flexibility index (Phi) is 12.6. The Bertz CT molecular complexity index is 2470. The van der Waals surface area contributed by atoms with E-state index in [2.05, 4.69) is 38.3 Å². The zero-order chi connectivity index (χ0) is 48.7. The molecular formula is C53H74N6O9. The number of hydrogen-bond donors (Lipinski definition) is 6. The predicted octanol–water partition coefficient (Wildman–Crippen LogP) is 4.13. The van der Waals surface area contributed by atoms with E-state index in [1.54, 1.807) is 7.11 Å². The average Bonchev–Trinajstić information content (AvgIpc) is 3.72. The van der Waals surface area contributed by atoms with Crippen molar-refractivity contribution < 1.29 is 43.9 Å². The van der Waals surface area contributed by atoms with Gasteiger partial charge in [0.05, 0.1) is 32.5 Å². The lowest BCUT2D eigenvalue weighted by Crippen LogP contribution is -2.82. The monoisotopic (exact) mass is 939 g/mol. The van der Waals surface area contributed by atoms with Crippen LogP contribution in [0.1, 0.15) is 101 Å². The third-order valence-electron chi connectivity index (χ3n) is 17.4. The number of nitrogens with two attached hydrogens (primary N) is 1. The number of ether oxygens (including phenoxy) is 3. The van der Waals surface area contributed by atoms with Crippen LogP contribution in [0.2, 0.25) is 0 Å². The van der Waals surface area contributed by atoms with Crippen molar-refractivity contribution in [3.8, 4) is 5.75 Å². The van der Waals surface area contributed by atoms with Crippen molar-refractivity contribution in [2.75, 3.05) is 72.0 Å². The van der Waals surface area contributed by atoms with Crippen LogP contribution in [-0.2, 0) is 35.7 Å². The molecule has 6 heterocycles. The standard InChI is InChI=1S/C53H74N6O9/c1-9-50(64)27-31-28-52(48(63)67-8,42-34(17-22-58(29-31)30-50)32-15-11-12-16-37(32)56-42)36-25-35-33-18-23-59-21-13-19-51(10-2)43(59)40(33)44(57(6)38(35)26-39(36)66-7)53(65,46(51)61)47(62)55-20-14-24-68-45(60)41(54)49(3,4)5/h11-13,15-16,19,25-26,31,33,40-41,43-44,46,56,61,64-65H,9-10,14,17-18,20-24,27-30,54H2,1-8H3,(H,55,62)/t31?,33?,40-,41?,43?,44?,46+,50?,51+,52?,53-/m0/s1. The number of carbonyl (C=O) groups excluding carboxylic acids is 3. The molecule has 15 nitrogen and oxygen atoms in total. The number of nitrogens with zero attached hydrogens (tertiary/aromatic N) is 3. The highest BCUT2D eigenvalue weighted by Crippen LogP contribution is 2.63. The third-order valence-corrected chi connectivity index (χ3v) is 17.4. The molecule has 1 saturated carbocycles. The van der Waals surface area contributed by atoms with Crippen LogP contribution in [-0.4, -0.2) is 151 Å². The Morgan fingerprint density at radius 1 is 1.04 bits per heavy atom. The number of H-pyrrole nitrogens is 1. The van der Waals surface area contributed by atoms with Crippen LogP contribution in [0, 0.1) is 22.7 Å². The number of para-hydroxylation sites is 1. The lowest BCUT2D eigenvalue weighted by Gasteiger charge is -2.68. The minimum atomic E-state index is -2.28. The Morgan fingerprint density at radius 3 is 2.51 bits per heavy atom. The molecule has 68 heavy (non-hydrogen) atoms. The van der Waals surface area contributed by atoms with Crippen molar-refractivity contribution in [2.24, 2.45) is 28.4 Å². The molecule has 1 aliphatic carbocycles. The topological polar surface area (TPSA) is 203 Å². The van der Waals surface area contributed by atoms with Gasteiger partial charge in [-0.2, -0.15) is 0 Å². The molecule has 0 spiro atoms. The fraction of sp³-hybridized carbons (Fsp3) is 0.642. The van der Waals surface area contributed by atoms with Gasteiger partial charge in [-0.3, -0.25) is 24.2 Å². The second-order valence-electron chi connectivity index (χ2n) is 22.1. The van der Waals surface area contributed by atoms with E-state index < -0.39 is 63.5 Å². The predicted molar refractivity (Wildman–Crippen MR) is 259 cm³/mol. The van der Waals surface area contributed by atoms with Crippen LogP contribution in [0.25, 0.3) is 10.9 Å². The first-order valence-corrected chi connectivity index (χ1v) is 24.9. The van der Waals surface area contributed by atoms with Gasteiger partial charge in [0.1, 0.15) is 23.3 Å². The first-order valence-electron chi connectivity index (χ1n) is 24.9.